The molecule has 77 heavy (non-hydrogen) atoms. The molecule has 5 N–H and O–H groups in total. The Hall–Kier alpha value is -6.66. The summed E-state index contributed by atoms with van der Waals surface area (Å²) in [6.07, 6.45) is 3.13. The van der Waals surface area contributed by atoms with E-state index < -0.39 is 89.6 Å². The lowest BCUT2D eigenvalue weighted by molar-refractivity contribution is -0.277. The Balaban J connectivity index is 1.21. The lowest BCUT2D eigenvalue weighted by Crippen LogP contribution is -2.78. The van der Waals surface area contributed by atoms with Gasteiger partial charge in [-0.3, -0.25) is 9.59 Å². The third kappa shape index (κ3) is 8.59. The maximum atomic E-state index is 15.7. The molecule has 0 aromatic heterocycles. The molecule has 1 spiro atoms. The van der Waals surface area contributed by atoms with E-state index in [1.165, 1.54) is 37.5 Å². The van der Waals surface area contributed by atoms with Crippen LogP contribution >= 0.6 is 0 Å². The average molecular weight is 1060 g/mol. The number of carbonyl (C=O) groups excluding carboxylic acids is 4. The molecule has 4 fully saturated rings. The van der Waals surface area contributed by atoms with Crippen LogP contribution in [0.2, 0.25) is 0 Å². The molecule has 4 aliphatic heterocycles. The number of aliphatic hydroxyl groups excluding tert-OH is 4. The number of ketones is 2. The van der Waals surface area contributed by atoms with Crippen LogP contribution in [0.15, 0.2) is 101 Å². The van der Waals surface area contributed by atoms with Crippen molar-refractivity contribution in [3.63, 3.8) is 0 Å². The van der Waals surface area contributed by atoms with Crippen LogP contribution in [-0.4, -0.2) is 110 Å². The number of esters is 2. The van der Waals surface area contributed by atoms with E-state index >= 15 is 4.79 Å². The summed E-state index contributed by atoms with van der Waals surface area (Å²) in [6.45, 7) is 14.8. The largest absolute Gasteiger partial charge is 0.482 e. The molecule has 8 aliphatic rings. The summed E-state index contributed by atoms with van der Waals surface area (Å²) in [5, 5.41) is 54.9. The summed E-state index contributed by atoms with van der Waals surface area (Å²) in [5.41, 5.74) is -0.217. The molecule has 3 saturated carbocycles. The van der Waals surface area contributed by atoms with Crippen LogP contribution in [0.25, 0.3) is 17.6 Å². The van der Waals surface area contributed by atoms with E-state index in [9.17, 15) is 39.9 Å². The molecule has 3 aromatic rings. The van der Waals surface area contributed by atoms with Crippen LogP contribution in [0.4, 0.5) is 0 Å². The van der Waals surface area contributed by atoms with E-state index in [0.717, 1.165) is 11.1 Å². The number of methoxy groups -OCH3 is 1. The van der Waals surface area contributed by atoms with Crippen molar-refractivity contribution in [1.82, 2.24) is 0 Å². The summed E-state index contributed by atoms with van der Waals surface area (Å²) in [4.78, 5) is 58.4. The molecule has 16 nitrogen and oxygen atoms in total. The maximum Gasteiger partial charge on any atom is 0.343 e. The minimum Gasteiger partial charge on any atom is -0.482 e. The second-order valence-electron chi connectivity index (χ2n) is 22.3. The Morgan fingerprint density at radius 1 is 0.870 bits per heavy atom. The van der Waals surface area contributed by atoms with E-state index in [0.29, 0.717) is 46.4 Å². The van der Waals surface area contributed by atoms with Crippen LogP contribution in [-0.2, 0) is 30.2 Å². The highest BCUT2D eigenvalue weighted by molar-refractivity contribution is 6.22. The van der Waals surface area contributed by atoms with E-state index in [2.05, 4.69) is 6.08 Å². The number of aliphatic hydroxyl groups is 5. The van der Waals surface area contributed by atoms with Crippen molar-refractivity contribution in [2.24, 2.45) is 23.7 Å². The van der Waals surface area contributed by atoms with Gasteiger partial charge in [0.2, 0.25) is 6.29 Å². The molecule has 16 heteroatoms. The second kappa shape index (κ2) is 20.0. The van der Waals surface area contributed by atoms with Gasteiger partial charge in [0.15, 0.2) is 28.5 Å². The van der Waals surface area contributed by atoms with Gasteiger partial charge in [0.1, 0.15) is 64.3 Å². The molecule has 11 rings (SSSR count). The Morgan fingerprint density at radius 3 is 2.23 bits per heavy atom. The monoisotopic (exact) mass is 1050 g/mol. The Labute approximate surface area is 446 Å². The summed E-state index contributed by atoms with van der Waals surface area (Å²) < 4.78 is 45.3. The summed E-state index contributed by atoms with van der Waals surface area (Å²) in [6, 6.07) is 12.8. The molecule has 0 radical (unpaired) electrons. The average Bonchev–Trinajstić information content (AvgIpc) is 3.88. The first-order valence-electron chi connectivity index (χ1n) is 26.3. The fraction of sp³-hybridized carbons (Fsp3) is 0.443. The highest BCUT2D eigenvalue weighted by Crippen LogP contribution is 2.71. The van der Waals surface area contributed by atoms with Gasteiger partial charge in [0.05, 0.1) is 30.4 Å². The van der Waals surface area contributed by atoms with Crippen molar-refractivity contribution in [2.45, 2.75) is 135 Å². The molecule has 4 heterocycles. The second-order valence-corrected chi connectivity index (χ2v) is 22.3. The van der Waals surface area contributed by atoms with E-state index in [-0.39, 0.29) is 82.0 Å². The SMILES string of the molecule is COC(=O)C(C)=CCC1(O)C(=O)C2CC(C(C)C)C13Oc1c(CC=C(C)C)c4c(c(OC(=O)c5ccc(O[C@@H]6O[C@H](CO)[C@@H](O)[C@H](O)[C@H]6O)cc5)c1C1=C3C2C2=C(O1)c1ccccc1C2=O)C=CC(C)(CCC=C(C)C)O4. The first kappa shape index (κ1) is 53.7. The Morgan fingerprint density at radius 2 is 1.57 bits per heavy atom. The van der Waals surface area contributed by atoms with Crippen LogP contribution in [0.3, 0.4) is 0 Å². The molecule has 4 aliphatic carbocycles. The van der Waals surface area contributed by atoms with Crippen molar-refractivity contribution in [3.05, 3.63) is 134 Å². The van der Waals surface area contributed by atoms with Crippen molar-refractivity contribution < 1.29 is 77.9 Å². The molecule has 0 amide bonds. The van der Waals surface area contributed by atoms with E-state index in [1.807, 2.05) is 66.7 Å². The molecule has 11 atom stereocenters. The van der Waals surface area contributed by atoms with Gasteiger partial charge in [-0.25, -0.2) is 9.59 Å². The number of hydrogen-bond acceptors (Lipinski definition) is 16. The molecule has 406 valence electrons. The Bertz CT molecular complexity index is 3160. The normalized spacial score (nSPS) is 30.2. The highest BCUT2D eigenvalue weighted by atomic mass is 16.7. The quantitative estimate of drug-likeness (QED) is 0.0450. The molecular formula is C61H66O16. The van der Waals surface area contributed by atoms with E-state index in [1.54, 1.807) is 31.2 Å². The van der Waals surface area contributed by atoms with Gasteiger partial charge in [-0.1, -0.05) is 67.5 Å². The molecule has 1 saturated heterocycles. The fourth-order valence-electron chi connectivity index (χ4n) is 12.4. The summed E-state index contributed by atoms with van der Waals surface area (Å²) in [5.74, 6) is -4.09. The van der Waals surface area contributed by atoms with Gasteiger partial charge in [0.25, 0.3) is 0 Å². The highest BCUT2D eigenvalue weighted by Gasteiger charge is 2.77. The molecule has 6 unspecified atom stereocenters. The third-order valence-corrected chi connectivity index (χ3v) is 16.4. The van der Waals surface area contributed by atoms with Gasteiger partial charge in [-0.15, -0.1) is 0 Å². The third-order valence-electron chi connectivity index (χ3n) is 16.4. The number of benzene rings is 3. The van der Waals surface area contributed by atoms with Gasteiger partial charge in [-0.2, -0.15) is 0 Å². The lowest BCUT2D eigenvalue weighted by Gasteiger charge is -2.65. The number of hydrogen-bond donors (Lipinski definition) is 5. The van der Waals surface area contributed by atoms with E-state index in [4.69, 9.17) is 33.2 Å². The number of fused-ring (bicyclic) bond motifs is 7. The molecule has 2 bridgehead atoms. The standard InChI is InChI=1S/C61H66O16/c1-29(2)13-12-24-59(8)25-23-38-50(76-59)37(21-16-30(3)4)53-44(52(38)75-57(69)33-17-19-34(20-18-33)72-58-49(66)48(65)47(64)41(28-62)73-58)54-45-42(43-46(63)35-14-10-11-15-36(35)51(43)74-54)39-27-40(31(5)6)61(45,77-53)60(70,55(39)67)26-22-32(7)56(68)71-9/h10-11,13-20,22-23,25,31,39-42,47-49,58,62,64-66,70H,12,21,24,26-28H2,1-9H3/t39?,40?,41-,42?,47-,48+,49-,58-,59?,60?,61?/m1/s1. The van der Waals surface area contributed by atoms with Crippen molar-refractivity contribution in [3.8, 4) is 23.0 Å². The first-order chi connectivity index (χ1) is 36.6. The molecular weight excluding hydrogens is 989 g/mol. The summed E-state index contributed by atoms with van der Waals surface area (Å²) >= 11 is 0. The smallest absolute Gasteiger partial charge is 0.343 e. The Kier molecular flexibility index (Phi) is 13.9. The van der Waals surface area contributed by atoms with Crippen LogP contribution in [0.5, 0.6) is 23.0 Å². The zero-order valence-electron chi connectivity index (χ0n) is 44.7. The zero-order valence-corrected chi connectivity index (χ0v) is 44.7. The fourth-order valence-corrected chi connectivity index (χ4v) is 12.4. The van der Waals surface area contributed by atoms with Gasteiger partial charge >= 0.3 is 11.9 Å². The molecule has 3 aromatic carbocycles. The number of carbonyl (C=O) groups is 4. The van der Waals surface area contributed by atoms with Crippen LogP contribution in [0.1, 0.15) is 124 Å². The number of rotatable bonds is 14. The predicted octanol–water partition coefficient (Wildman–Crippen LogP) is 7.72. The maximum absolute atomic E-state index is 15.7. The number of Topliss-reactive ketones (excluding diaryl/α,β-unsaturated/α-hetero) is 2. The van der Waals surface area contributed by atoms with Crippen molar-refractivity contribution >= 4 is 41.1 Å². The number of ether oxygens (including phenoxy) is 7. The topological polar surface area (TPSA) is 234 Å². The lowest BCUT2D eigenvalue weighted by atomic mass is 9.43. The van der Waals surface area contributed by atoms with Gasteiger partial charge in [0, 0.05) is 52.0 Å². The minimum atomic E-state index is -2.36. The van der Waals surface area contributed by atoms with Crippen molar-refractivity contribution in [2.75, 3.05) is 13.7 Å². The zero-order chi connectivity index (χ0) is 55.2. The van der Waals surface area contributed by atoms with Crippen molar-refractivity contribution in [1.29, 1.82) is 0 Å². The van der Waals surface area contributed by atoms with Gasteiger partial charge < -0.3 is 58.7 Å². The number of allylic oxidation sites excluding steroid dienone is 5. The van der Waals surface area contributed by atoms with Gasteiger partial charge in [-0.05, 0) is 110 Å². The predicted molar refractivity (Wildman–Crippen MR) is 281 cm³/mol. The first-order valence-corrected chi connectivity index (χ1v) is 26.3. The van der Waals surface area contributed by atoms with Crippen LogP contribution in [0, 0.1) is 23.7 Å². The summed E-state index contributed by atoms with van der Waals surface area (Å²) in [7, 11) is 1.25. The van der Waals surface area contributed by atoms with Crippen LogP contribution < -0.4 is 18.9 Å². The minimum absolute atomic E-state index is 0.0122.